The van der Waals surface area contributed by atoms with E-state index in [1.54, 1.807) is 12.1 Å². The molecule has 2 aliphatic heterocycles. The highest BCUT2D eigenvalue weighted by atomic mass is 35.5. The van der Waals surface area contributed by atoms with Gasteiger partial charge in [0.15, 0.2) is 0 Å². The number of ether oxygens (including phenoxy) is 1. The monoisotopic (exact) mass is 618 g/mol. The van der Waals surface area contributed by atoms with Gasteiger partial charge in [-0.1, -0.05) is 35.9 Å². The molecule has 230 valence electrons. The summed E-state index contributed by atoms with van der Waals surface area (Å²) in [5.74, 6) is 0.332. The van der Waals surface area contributed by atoms with Crippen molar-refractivity contribution in [1.82, 2.24) is 21.5 Å². The van der Waals surface area contributed by atoms with Crippen LogP contribution in [0.5, 0.6) is 5.75 Å². The van der Waals surface area contributed by atoms with Crippen LogP contribution in [0.1, 0.15) is 48.2 Å². The highest BCUT2D eigenvalue weighted by molar-refractivity contribution is 6.58. The maximum Gasteiger partial charge on any atom is 0.488 e. The molecule has 3 unspecified atom stereocenters. The van der Waals surface area contributed by atoms with Gasteiger partial charge in [0, 0.05) is 40.5 Å². The summed E-state index contributed by atoms with van der Waals surface area (Å²) in [5.41, 5.74) is 10.8. The molecular weight excluding hydrogens is 583 g/mol. The Hall–Kier alpha value is -3.94. The zero-order valence-electron chi connectivity index (χ0n) is 24.6. The molecule has 1 saturated heterocycles. The average Bonchev–Trinajstić information content (AvgIpc) is 3.34. The molecule has 5 rings (SSSR count). The van der Waals surface area contributed by atoms with Gasteiger partial charge < -0.3 is 30.3 Å². The number of hydrogen-bond donors (Lipinski definition) is 6. The first-order valence-corrected chi connectivity index (χ1v) is 15.0. The fraction of sp³-hybridized carbons (Fsp3) is 0.323. The number of fused-ring (bicyclic) bond motifs is 3. The SMILES string of the molecule is CCNC(=O)CC1N=C(c2ccc(Cl)cc2)c2cc(OCCCNC(=O)c3ccc(B(O)O)cc3)ccc2N2C(C)NNC12. The van der Waals surface area contributed by atoms with E-state index in [1.165, 1.54) is 12.1 Å². The summed E-state index contributed by atoms with van der Waals surface area (Å²) in [5, 5.41) is 24.8. The van der Waals surface area contributed by atoms with Gasteiger partial charge in [0.1, 0.15) is 11.9 Å². The number of hydrogen-bond acceptors (Lipinski definition) is 9. The third kappa shape index (κ3) is 7.23. The summed E-state index contributed by atoms with van der Waals surface area (Å²) >= 11 is 6.21. The molecule has 0 bridgehead atoms. The smallest absolute Gasteiger partial charge is 0.488 e. The first-order chi connectivity index (χ1) is 21.2. The lowest BCUT2D eigenvalue weighted by Gasteiger charge is -2.31. The number of carbonyl (C=O) groups excluding carboxylic acids is 2. The number of anilines is 1. The molecule has 6 N–H and O–H groups in total. The molecule has 0 aromatic heterocycles. The van der Waals surface area contributed by atoms with Crippen LogP contribution in [0.2, 0.25) is 5.02 Å². The van der Waals surface area contributed by atoms with Crippen molar-refractivity contribution in [2.75, 3.05) is 24.6 Å². The quantitative estimate of drug-likeness (QED) is 0.140. The van der Waals surface area contributed by atoms with Crippen LogP contribution in [0.3, 0.4) is 0 Å². The lowest BCUT2D eigenvalue weighted by molar-refractivity contribution is -0.121. The number of nitrogens with zero attached hydrogens (tertiary/aromatic N) is 2. The van der Waals surface area contributed by atoms with E-state index in [0.717, 1.165) is 22.5 Å². The van der Waals surface area contributed by atoms with Crippen molar-refractivity contribution in [3.63, 3.8) is 0 Å². The van der Waals surface area contributed by atoms with Crippen molar-refractivity contribution < 1.29 is 24.4 Å². The average molecular weight is 619 g/mol. The van der Waals surface area contributed by atoms with Crippen LogP contribution in [-0.4, -0.2) is 72.8 Å². The number of amides is 2. The normalized spacial score (nSPS) is 18.9. The Balaban J connectivity index is 1.33. The molecule has 44 heavy (non-hydrogen) atoms. The lowest BCUT2D eigenvalue weighted by Crippen LogP contribution is -2.47. The van der Waals surface area contributed by atoms with Crippen molar-refractivity contribution in [3.8, 4) is 5.75 Å². The number of rotatable bonds is 11. The molecule has 2 amide bonds. The number of benzene rings is 3. The summed E-state index contributed by atoms with van der Waals surface area (Å²) in [6.45, 7) is 5.26. The Morgan fingerprint density at radius 2 is 1.80 bits per heavy atom. The minimum absolute atomic E-state index is 0.0597. The van der Waals surface area contributed by atoms with Crippen LogP contribution < -0.4 is 36.6 Å². The molecule has 0 saturated carbocycles. The van der Waals surface area contributed by atoms with Gasteiger partial charge in [-0.2, -0.15) is 0 Å². The Morgan fingerprint density at radius 3 is 2.50 bits per heavy atom. The Kier molecular flexibility index (Phi) is 10.2. The van der Waals surface area contributed by atoms with Crippen LogP contribution in [0.4, 0.5) is 5.69 Å². The lowest BCUT2D eigenvalue weighted by atomic mass is 9.80. The van der Waals surface area contributed by atoms with E-state index in [2.05, 4.69) is 33.3 Å². The molecule has 3 aromatic rings. The molecule has 0 radical (unpaired) electrons. The first-order valence-electron chi connectivity index (χ1n) is 14.7. The number of hydrazine groups is 1. The Morgan fingerprint density at radius 1 is 1.05 bits per heavy atom. The van der Waals surface area contributed by atoms with E-state index in [9.17, 15) is 19.6 Å². The van der Waals surface area contributed by atoms with Gasteiger partial charge in [-0.15, -0.1) is 0 Å². The highest BCUT2D eigenvalue weighted by Crippen LogP contribution is 2.36. The maximum absolute atomic E-state index is 12.7. The standard InChI is InChI=1S/C31H36BClN6O5/c1-3-34-28(40)18-26-30-38-37-19(2)39(30)27-14-13-24(17-25(27)29(36-26)20-7-11-23(33)12-8-20)44-16-4-15-35-31(41)21-5-9-22(10-6-21)32(42)43/h5-14,17,19,26,30,37-38,42-43H,3-4,15-16,18H2,1-2H3,(H,34,40)(H,35,41). The van der Waals surface area contributed by atoms with Crippen LogP contribution >= 0.6 is 11.6 Å². The molecule has 11 nitrogen and oxygen atoms in total. The summed E-state index contributed by atoms with van der Waals surface area (Å²) < 4.78 is 6.11. The van der Waals surface area contributed by atoms with Crippen LogP contribution in [0.25, 0.3) is 0 Å². The minimum atomic E-state index is -1.58. The Labute approximate surface area is 261 Å². The van der Waals surface area contributed by atoms with Crippen LogP contribution in [0, 0.1) is 0 Å². The molecule has 1 fully saturated rings. The number of aliphatic imine (C=N–C) groups is 1. The van der Waals surface area contributed by atoms with E-state index >= 15 is 0 Å². The van der Waals surface area contributed by atoms with Gasteiger partial charge in [0.2, 0.25) is 5.91 Å². The predicted molar refractivity (Wildman–Crippen MR) is 171 cm³/mol. The Bertz CT molecular complexity index is 1500. The minimum Gasteiger partial charge on any atom is -0.494 e. The fourth-order valence-corrected chi connectivity index (χ4v) is 5.50. The summed E-state index contributed by atoms with van der Waals surface area (Å²) in [6, 6.07) is 19.1. The van der Waals surface area contributed by atoms with Gasteiger partial charge in [-0.05, 0) is 68.2 Å². The molecule has 13 heteroatoms. The van der Waals surface area contributed by atoms with Crippen molar-refractivity contribution in [2.24, 2.45) is 4.99 Å². The number of nitrogens with one attached hydrogen (secondary N) is 4. The second-order valence-electron chi connectivity index (χ2n) is 10.7. The zero-order chi connectivity index (χ0) is 31.2. The molecule has 0 spiro atoms. The van der Waals surface area contributed by atoms with Crippen molar-refractivity contribution in [2.45, 2.75) is 45.1 Å². The van der Waals surface area contributed by atoms with Crippen LogP contribution in [0.15, 0.2) is 71.7 Å². The van der Waals surface area contributed by atoms with Crippen molar-refractivity contribution in [1.29, 1.82) is 0 Å². The third-order valence-corrected chi connectivity index (χ3v) is 7.80. The van der Waals surface area contributed by atoms with Crippen molar-refractivity contribution in [3.05, 3.63) is 88.4 Å². The summed E-state index contributed by atoms with van der Waals surface area (Å²) in [7, 11) is -1.58. The molecular formula is C31H36BClN6O5. The third-order valence-electron chi connectivity index (χ3n) is 7.55. The molecule has 3 aromatic carbocycles. The summed E-state index contributed by atoms with van der Waals surface area (Å²) in [6.07, 6.45) is 0.471. The zero-order valence-corrected chi connectivity index (χ0v) is 25.3. The van der Waals surface area contributed by atoms with E-state index < -0.39 is 7.12 Å². The first kappa shape index (κ1) is 31.5. The topological polar surface area (TPSA) is 148 Å². The van der Waals surface area contributed by atoms with Gasteiger partial charge >= 0.3 is 7.12 Å². The highest BCUT2D eigenvalue weighted by Gasteiger charge is 2.40. The van der Waals surface area contributed by atoms with Gasteiger partial charge in [-0.3, -0.25) is 14.6 Å². The number of halogens is 1. The predicted octanol–water partition coefficient (Wildman–Crippen LogP) is 1.55. The molecule has 2 heterocycles. The second-order valence-corrected chi connectivity index (χ2v) is 11.1. The van der Waals surface area contributed by atoms with Gasteiger partial charge in [0.25, 0.3) is 5.91 Å². The van der Waals surface area contributed by atoms with Gasteiger partial charge in [-0.25, -0.2) is 10.9 Å². The molecule has 0 aliphatic carbocycles. The van der Waals surface area contributed by atoms with E-state index in [0.29, 0.717) is 47.9 Å². The fourth-order valence-electron chi connectivity index (χ4n) is 5.38. The molecule has 2 aliphatic rings. The van der Waals surface area contributed by atoms with E-state index in [4.69, 9.17) is 21.3 Å². The molecule has 3 atom stereocenters. The summed E-state index contributed by atoms with van der Waals surface area (Å²) in [4.78, 5) is 32.5. The van der Waals surface area contributed by atoms with Gasteiger partial charge in [0.05, 0.1) is 30.9 Å². The van der Waals surface area contributed by atoms with E-state index in [-0.39, 0.29) is 36.6 Å². The van der Waals surface area contributed by atoms with Crippen LogP contribution in [-0.2, 0) is 4.79 Å². The maximum atomic E-state index is 12.7. The second kappa shape index (κ2) is 14.2. The number of carbonyl (C=O) groups is 2. The van der Waals surface area contributed by atoms with E-state index in [1.807, 2.05) is 49.4 Å². The largest absolute Gasteiger partial charge is 0.494 e. The van der Waals surface area contributed by atoms with Crippen molar-refractivity contribution >= 4 is 47.4 Å².